The zero-order valence-electron chi connectivity index (χ0n) is 15.0. The number of para-hydroxylation sites is 1. The molecule has 0 spiro atoms. The third-order valence-electron chi connectivity index (χ3n) is 5.01. The fourth-order valence-electron chi connectivity index (χ4n) is 3.15. The predicted octanol–water partition coefficient (Wildman–Crippen LogP) is 3.24. The Morgan fingerprint density at radius 1 is 1.48 bits per heavy atom. The number of likely N-dealkylation sites (tertiary alicyclic amines) is 1. The van der Waals surface area contributed by atoms with Crippen LogP contribution in [0.25, 0.3) is 10.2 Å². The number of benzene rings is 1. The molecule has 0 saturated carbocycles. The van der Waals surface area contributed by atoms with Gasteiger partial charge in [-0.1, -0.05) is 12.1 Å². The van der Waals surface area contributed by atoms with E-state index in [-0.39, 0.29) is 5.91 Å². The van der Waals surface area contributed by atoms with Gasteiger partial charge in [-0.25, -0.2) is 4.98 Å². The molecule has 1 aliphatic heterocycles. The molecule has 132 valence electrons. The zero-order valence-corrected chi connectivity index (χ0v) is 15.8. The third-order valence-corrected chi connectivity index (χ3v) is 6.21. The largest absolute Gasteiger partial charge is 0.326 e. The molecule has 3 rings (SSSR count). The summed E-state index contributed by atoms with van der Waals surface area (Å²) in [5.74, 6) is 0.379. The van der Waals surface area contributed by atoms with Gasteiger partial charge in [-0.3, -0.25) is 9.69 Å². The summed E-state index contributed by atoms with van der Waals surface area (Å²) in [7, 11) is 1.71. The standard InChI is InChI=1S/C19H24N4OS/c1-19(2,13-20)22(3)17(24)12-23-10-6-7-14(11-23)18-21-15-8-4-5-9-16(15)25-18/h4-5,8-9,14H,6-7,10-12H2,1-3H3/t14-/m0/s1. The van der Waals surface area contributed by atoms with Crippen molar-refractivity contribution in [2.24, 2.45) is 0 Å². The average Bonchev–Trinajstić information content (AvgIpc) is 3.05. The molecule has 1 amide bonds. The molecule has 0 bridgehead atoms. The summed E-state index contributed by atoms with van der Waals surface area (Å²) >= 11 is 1.76. The molecule has 1 aromatic carbocycles. The Hall–Kier alpha value is -1.97. The first kappa shape index (κ1) is 17.8. The van der Waals surface area contributed by atoms with Crippen LogP contribution in [0.1, 0.15) is 37.6 Å². The first-order valence-electron chi connectivity index (χ1n) is 8.66. The highest BCUT2D eigenvalue weighted by atomic mass is 32.1. The smallest absolute Gasteiger partial charge is 0.237 e. The Labute approximate surface area is 152 Å². The number of aromatic nitrogens is 1. The van der Waals surface area contributed by atoms with Crippen LogP contribution in [0.15, 0.2) is 24.3 Å². The monoisotopic (exact) mass is 356 g/mol. The summed E-state index contributed by atoms with van der Waals surface area (Å²) in [6.07, 6.45) is 2.18. The van der Waals surface area contributed by atoms with E-state index in [0.717, 1.165) is 31.4 Å². The van der Waals surface area contributed by atoms with Gasteiger partial charge in [0.05, 0.1) is 27.8 Å². The first-order chi connectivity index (χ1) is 11.9. The lowest BCUT2D eigenvalue weighted by Gasteiger charge is -2.35. The second-order valence-electron chi connectivity index (χ2n) is 7.22. The number of hydrogen-bond acceptors (Lipinski definition) is 5. The van der Waals surface area contributed by atoms with Crippen LogP contribution in [0.4, 0.5) is 0 Å². The summed E-state index contributed by atoms with van der Waals surface area (Å²) in [5, 5.41) is 10.4. The lowest BCUT2D eigenvalue weighted by atomic mass is 9.98. The number of rotatable bonds is 4. The van der Waals surface area contributed by atoms with E-state index >= 15 is 0 Å². The molecule has 5 nitrogen and oxygen atoms in total. The molecule has 25 heavy (non-hydrogen) atoms. The summed E-state index contributed by atoms with van der Waals surface area (Å²) in [6.45, 7) is 5.68. The number of thiazole rings is 1. The fourth-order valence-corrected chi connectivity index (χ4v) is 4.24. The van der Waals surface area contributed by atoms with Crippen LogP contribution in [-0.4, -0.2) is 52.9 Å². The summed E-state index contributed by atoms with van der Waals surface area (Å²) in [6, 6.07) is 10.4. The molecule has 1 aliphatic rings. The minimum atomic E-state index is -0.778. The van der Waals surface area contributed by atoms with Gasteiger partial charge in [-0.05, 0) is 45.4 Å². The van der Waals surface area contributed by atoms with Gasteiger partial charge < -0.3 is 4.90 Å². The molecule has 1 saturated heterocycles. The number of likely N-dealkylation sites (N-methyl/N-ethyl adjacent to an activating group) is 1. The Balaban J connectivity index is 1.67. The van der Waals surface area contributed by atoms with Crippen LogP contribution < -0.4 is 0 Å². The van der Waals surface area contributed by atoms with Crippen LogP contribution in [0.3, 0.4) is 0 Å². The van der Waals surface area contributed by atoms with Crippen molar-refractivity contribution >= 4 is 27.5 Å². The minimum Gasteiger partial charge on any atom is -0.326 e. The maximum Gasteiger partial charge on any atom is 0.237 e. The summed E-state index contributed by atoms with van der Waals surface area (Å²) in [4.78, 5) is 21.1. The molecule has 1 fully saturated rings. The lowest BCUT2D eigenvalue weighted by molar-refractivity contribution is -0.134. The van der Waals surface area contributed by atoms with Crippen LogP contribution in [0.2, 0.25) is 0 Å². The van der Waals surface area contributed by atoms with Gasteiger partial charge >= 0.3 is 0 Å². The maximum absolute atomic E-state index is 12.5. The average molecular weight is 356 g/mol. The number of hydrogen-bond donors (Lipinski definition) is 0. The number of carbonyl (C=O) groups excluding carboxylic acids is 1. The number of fused-ring (bicyclic) bond motifs is 1. The van der Waals surface area contributed by atoms with Gasteiger partial charge in [0.1, 0.15) is 5.54 Å². The minimum absolute atomic E-state index is 0.00324. The van der Waals surface area contributed by atoms with Crippen LogP contribution in [0, 0.1) is 11.3 Å². The van der Waals surface area contributed by atoms with E-state index in [2.05, 4.69) is 23.1 Å². The maximum atomic E-state index is 12.5. The van der Waals surface area contributed by atoms with Crippen molar-refractivity contribution in [2.75, 3.05) is 26.7 Å². The third kappa shape index (κ3) is 3.83. The van der Waals surface area contributed by atoms with Gasteiger partial charge in [-0.2, -0.15) is 5.26 Å². The topological polar surface area (TPSA) is 60.2 Å². The quantitative estimate of drug-likeness (QED) is 0.844. The second kappa shape index (κ2) is 7.11. The number of nitriles is 1. The highest BCUT2D eigenvalue weighted by Gasteiger charge is 2.30. The zero-order chi connectivity index (χ0) is 18.0. The SMILES string of the molecule is CN(C(=O)CN1CCC[C@H](c2nc3ccccc3s2)C1)C(C)(C)C#N. The normalized spacial score (nSPS) is 18.9. The van der Waals surface area contributed by atoms with Crippen molar-refractivity contribution in [3.05, 3.63) is 29.3 Å². The molecule has 0 unspecified atom stereocenters. The molecule has 2 aromatic rings. The molecule has 0 radical (unpaired) electrons. The van der Waals surface area contributed by atoms with Crippen LogP contribution >= 0.6 is 11.3 Å². The van der Waals surface area contributed by atoms with Gasteiger partial charge in [0.2, 0.25) is 5.91 Å². The fraction of sp³-hybridized carbons (Fsp3) is 0.526. The number of piperidine rings is 1. The Morgan fingerprint density at radius 3 is 2.96 bits per heavy atom. The lowest BCUT2D eigenvalue weighted by Crippen LogP contribution is -2.49. The van der Waals surface area contributed by atoms with Gasteiger partial charge in [-0.15, -0.1) is 11.3 Å². The molecule has 0 aliphatic carbocycles. The summed E-state index contributed by atoms with van der Waals surface area (Å²) in [5.41, 5.74) is 0.283. The first-order valence-corrected chi connectivity index (χ1v) is 9.48. The van der Waals surface area contributed by atoms with Crippen molar-refractivity contribution in [2.45, 2.75) is 38.1 Å². The number of carbonyl (C=O) groups is 1. The number of nitrogens with zero attached hydrogens (tertiary/aromatic N) is 4. The van der Waals surface area contributed by atoms with E-state index in [4.69, 9.17) is 4.98 Å². The molecule has 1 aromatic heterocycles. The number of amides is 1. The highest BCUT2D eigenvalue weighted by Crippen LogP contribution is 2.32. The van der Waals surface area contributed by atoms with E-state index < -0.39 is 5.54 Å². The van der Waals surface area contributed by atoms with Gasteiger partial charge in [0.25, 0.3) is 0 Å². The van der Waals surface area contributed by atoms with Crippen LogP contribution in [-0.2, 0) is 4.79 Å². The van der Waals surface area contributed by atoms with Crippen molar-refractivity contribution in [1.29, 1.82) is 5.26 Å². The Morgan fingerprint density at radius 2 is 2.24 bits per heavy atom. The van der Waals surface area contributed by atoms with E-state index in [0.29, 0.717) is 12.5 Å². The van der Waals surface area contributed by atoms with E-state index in [1.807, 2.05) is 12.1 Å². The van der Waals surface area contributed by atoms with E-state index in [1.165, 1.54) is 9.71 Å². The highest BCUT2D eigenvalue weighted by molar-refractivity contribution is 7.18. The molecule has 6 heteroatoms. The molecule has 2 heterocycles. The van der Waals surface area contributed by atoms with Gasteiger partial charge in [0.15, 0.2) is 0 Å². The predicted molar refractivity (Wildman–Crippen MR) is 100 cm³/mol. The molecular weight excluding hydrogens is 332 g/mol. The molecular formula is C19H24N4OS. The molecule has 1 atom stereocenters. The van der Waals surface area contributed by atoms with Crippen molar-refractivity contribution in [1.82, 2.24) is 14.8 Å². The summed E-state index contributed by atoms with van der Waals surface area (Å²) < 4.78 is 1.22. The van der Waals surface area contributed by atoms with Crippen molar-refractivity contribution in [3.63, 3.8) is 0 Å². The van der Waals surface area contributed by atoms with Gasteiger partial charge in [0, 0.05) is 19.5 Å². The Bertz CT molecular complexity index is 774. The second-order valence-corrected chi connectivity index (χ2v) is 8.28. The molecule has 0 N–H and O–H groups in total. The van der Waals surface area contributed by atoms with E-state index in [9.17, 15) is 10.1 Å². The Kier molecular flexibility index (Phi) is 5.07. The van der Waals surface area contributed by atoms with Crippen molar-refractivity contribution in [3.8, 4) is 6.07 Å². The van der Waals surface area contributed by atoms with Crippen molar-refractivity contribution < 1.29 is 4.79 Å². The van der Waals surface area contributed by atoms with E-state index in [1.54, 1.807) is 37.1 Å². The van der Waals surface area contributed by atoms with Crippen LogP contribution in [0.5, 0.6) is 0 Å².